The minimum Gasteiger partial charge on any atom is -0.489 e. The molecular weight excluding hydrogens is 374 g/mol. The van der Waals surface area contributed by atoms with E-state index in [9.17, 15) is 8.42 Å². The lowest BCUT2D eigenvalue weighted by Crippen LogP contribution is -2.13. The summed E-state index contributed by atoms with van der Waals surface area (Å²) in [6.07, 6.45) is 1.52. The summed E-state index contributed by atoms with van der Waals surface area (Å²) in [6, 6.07) is 17.6. The highest BCUT2D eigenvalue weighted by Crippen LogP contribution is 2.28. The fourth-order valence-electron chi connectivity index (χ4n) is 2.52. The molecule has 3 aromatic rings. The maximum absolute atomic E-state index is 12.5. The Bertz CT molecular complexity index is 1030. The molecule has 0 aliphatic heterocycles. The van der Waals surface area contributed by atoms with Crippen LogP contribution in [0.2, 0.25) is 0 Å². The van der Waals surface area contributed by atoms with Crippen LogP contribution in [0.15, 0.2) is 71.8 Å². The second-order valence-electron chi connectivity index (χ2n) is 6.64. The number of hydrogen-bond acceptors (Lipinski definition) is 5. The van der Waals surface area contributed by atoms with Gasteiger partial charge in [-0.3, -0.25) is 4.72 Å². The summed E-state index contributed by atoms with van der Waals surface area (Å²) < 4.78 is 33.3. The van der Waals surface area contributed by atoms with Gasteiger partial charge in [-0.15, -0.1) is 0 Å². The Kier molecular flexibility index (Phi) is 5.84. The molecule has 2 N–H and O–H groups in total. The van der Waals surface area contributed by atoms with Crippen LogP contribution >= 0.6 is 0 Å². The van der Waals surface area contributed by atoms with Gasteiger partial charge in [-0.1, -0.05) is 29.8 Å². The summed E-state index contributed by atoms with van der Waals surface area (Å²) in [4.78, 5) is 4.50. The molecule has 0 amide bonds. The van der Waals surface area contributed by atoms with E-state index in [2.05, 4.69) is 15.0 Å². The summed E-state index contributed by atoms with van der Waals surface area (Å²) in [5.74, 6) is 1.31. The smallest absolute Gasteiger partial charge is 0.261 e. The number of ether oxygens (including phenoxy) is 1. The average molecular weight is 398 g/mol. The number of aromatic nitrogens is 1. The Hall–Kier alpha value is -3.06. The van der Waals surface area contributed by atoms with Gasteiger partial charge in [-0.05, 0) is 57.2 Å². The molecule has 0 aliphatic rings. The first-order valence-corrected chi connectivity index (χ1v) is 10.4. The Morgan fingerprint density at radius 2 is 1.68 bits per heavy atom. The maximum atomic E-state index is 12.5. The molecule has 146 valence electrons. The number of aryl methyl sites for hydroxylation is 1. The van der Waals surface area contributed by atoms with Crippen LogP contribution < -0.4 is 14.8 Å². The zero-order valence-corrected chi connectivity index (χ0v) is 16.8. The SMILES string of the molecule is Cc1ccc(S(=O)(=O)Nc2ccc(Nc3ccccc3OC(C)C)nc2)cc1. The number of nitrogens with one attached hydrogen (secondary N) is 2. The topological polar surface area (TPSA) is 80.3 Å². The van der Waals surface area contributed by atoms with E-state index in [0.29, 0.717) is 11.5 Å². The first kappa shape index (κ1) is 19.7. The number of rotatable bonds is 7. The second kappa shape index (κ2) is 8.31. The molecule has 1 heterocycles. The second-order valence-corrected chi connectivity index (χ2v) is 8.32. The Morgan fingerprint density at radius 1 is 0.964 bits per heavy atom. The van der Waals surface area contributed by atoms with Crippen molar-refractivity contribution in [1.29, 1.82) is 0 Å². The molecule has 0 saturated heterocycles. The number of sulfonamides is 1. The lowest BCUT2D eigenvalue weighted by atomic mass is 10.2. The molecule has 0 saturated carbocycles. The molecule has 1 aromatic heterocycles. The fourth-order valence-corrected chi connectivity index (χ4v) is 3.57. The Balaban J connectivity index is 1.73. The van der Waals surface area contributed by atoms with Crippen LogP contribution in [-0.2, 0) is 10.0 Å². The quantitative estimate of drug-likeness (QED) is 0.603. The van der Waals surface area contributed by atoms with Crippen molar-refractivity contribution in [3.63, 3.8) is 0 Å². The molecule has 0 bridgehead atoms. The normalized spacial score (nSPS) is 11.3. The van der Waals surface area contributed by atoms with Crippen molar-refractivity contribution >= 4 is 27.2 Å². The predicted molar refractivity (Wildman–Crippen MR) is 112 cm³/mol. The van der Waals surface area contributed by atoms with Gasteiger partial charge in [-0.25, -0.2) is 13.4 Å². The third-order valence-corrected chi connectivity index (χ3v) is 5.26. The Labute approximate surface area is 165 Å². The van der Waals surface area contributed by atoms with Crippen molar-refractivity contribution in [3.05, 3.63) is 72.4 Å². The number of nitrogens with zero attached hydrogens (tertiary/aromatic N) is 1. The molecular formula is C21H23N3O3S. The van der Waals surface area contributed by atoms with Gasteiger partial charge < -0.3 is 10.1 Å². The predicted octanol–water partition coefficient (Wildman–Crippen LogP) is 4.72. The van der Waals surface area contributed by atoms with Crippen LogP contribution in [-0.4, -0.2) is 19.5 Å². The van der Waals surface area contributed by atoms with Crippen molar-refractivity contribution in [1.82, 2.24) is 4.98 Å². The van der Waals surface area contributed by atoms with E-state index in [-0.39, 0.29) is 11.0 Å². The number of pyridine rings is 1. The van der Waals surface area contributed by atoms with Gasteiger partial charge in [0.15, 0.2) is 0 Å². The van der Waals surface area contributed by atoms with Crippen LogP contribution in [0.3, 0.4) is 0 Å². The Morgan fingerprint density at radius 3 is 2.32 bits per heavy atom. The lowest BCUT2D eigenvalue weighted by Gasteiger charge is -2.15. The fraction of sp³-hybridized carbons (Fsp3) is 0.190. The summed E-state index contributed by atoms with van der Waals surface area (Å²) >= 11 is 0. The minimum absolute atomic E-state index is 0.0504. The zero-order valence-electron chi connectivity index (χ0n) is 16.0. The van der Waals surface area contributed by atoms with E-state index in [0.717, 1.165) is 17.0 Å². The molecule has 0 atom stereocenters. The summed E-state index contributed by atoms with van der Waals surface area (Å²) in [5.41, 5.74) is 2.17. The molecule has 0 radical (unpaired) electrons. The van der Waals surface area contributed by atoms with Crippen LogP contribution in [0.5, 0.6) is 5.75 Å². The van der Waals surface area contributed by atoms with Crippen molar-refractivity contribution in [3.8, 4) is 5.75 Å². The molecule has 0 spiro atoms. The molecule has 0 fully saturated rings. The van der Waals surface area contributed by atoms with E-state index >= 15 is 0 Å². The van der Waals surface area contributed by atoms with Crippen LogP contribution in [0.4, 0.5) is 17.2 Å². The van der Waals surface area contributed by atoms with Gasteiger partial charge >= 0.3 is 0 Å². The van der Waals surface area contributed by atoms with Crippen molar-refractivity contribution in [2.45, 2.75) is 31.8 Å². The highest BCUT2D eigenvalue weighted by atomic mass is 32.2. The van der Waals surface area contributed by atoms with E-state index in [1.807, 2.05) is 45.0 Å². The molecule has 0 aliphatic carbocycles. The molecule has 2 aromatic carbocycles. The minimum atomic E-state index is -3.65. The highest BCUT2D eigenvalue weighted by molar-refractivity contribution is 7.92. The third kappa shape index (κ3) is 5.01. The number of para-hydroxylation sites is 2. The molecule has 28 heavy (non-hydrogen) atoms. The first-order valence-electron chi connectivity index (χ1n) is 8.92. The van der Waals surface area contributed by atoms with E-state index in [1.54, 1.807) is 36.4 Å². The van der Waals surface area contributed by atoms with Crippen LogP contribution in [0, 0.1) is 6.92 Å². The maximum Gasteiger partial charge on any atom is 0.261 e. The summed E-state index contributed by atoms with van der Waals surface area (Å²) in [5, 5.41) is 3.19. The van der Waals surface area contributed by atoms with E-state index < -0.39 is 10.0 Å². The van der Waals surface area contributed by atoms with Gasteiger partial charge in [-0.2, -0.15) is 0 Å². The third-order valence-electron chi connectivity index (χ3n) is 3.86. The first-order chi connectivity index (χ1) is 13.3. The molecule has 3 rings (SSSR count). The zero-order chi connectivity index (χ0) is 20.1. The van der Waals surface area contributed by atoms with Crippen LogP contribution in [0.1, 0.15) is 19.4 Å². The van der Waals surface area contributed by atoms with Gasteiger partial charge in [0.2, 0.25) is 0 Å². The van der Waals surface area contributed by atoms with Crippen molar-refractivity contribution < 1.29 is 13.2 Å². The van der Waals surface area contributed by atoms with Crippen molar-refractivity contribution in [2.24, 2.45) is 0 Å². The van der Waals surface area contributed by atoms with Crippen molar-refractivity contribution in [2.75, 3.05) is 10.0 Å². The molecule has 6 nitrogen and oxygen atoms in total. The van der Waals surface area contributed by atoms with E-state index in [1.165, 1.54) is 6.20 Å². The van der Waals surface area contributed by atoms with Gasteiger partial charge in [0, 0.05) is 0 Å². The standard InChI is InChI=1S/C21H23N3O3S/c1-15(2)27-20-7-5-4-6-19(20)23-21-13-10-17(14-22-21)24-28(25,26)18-11-8-16(3)9-12-18/h4-15,24H,1-3H3,(H,22,23). The summed E-state index contributed by atoms with van der Waals surface area (Å²) in [7, 11) is -3.65. The monoisotopic (exact) mass is 397 g/mol. The van der Waals surface area contributed by atoms with Gasteiger partial charge in [0.25, 0.3) is 10.0 Å². The lowest BCUT2D eigenvalue weighted by molar-refractivity contribution is 0.244. The largest absolute Gasteiger partial charge is 0.489 e. The summed E-state index contributed by atoms with van der Waals surface area (Å²) in [6.45, 7) is 5.83. The molecule has 0 unspecified atom stereocenters. The number of benzene rings is 2. The van der Waals surface area contributed by atoms with E-state index in [4.69, 9.17) is 4.74 Å². The van der Waals surface area contributed by atoms with Gasteiger partial charge in [0.05, 0.1) is 28.6 Å². The number of hydrogen-bond donors (Lipinski definition) is 2. The van der Waals surface area contributed by atoms with Crippen LogP contribution in [0.25, 0.3) is 0 Å². The number of anilines is 3. The highest BCUT2D eigenvalue weighted by Gasteiger charge is 2.14. The van der Waals surface area contributed by atoms with Gasteiger partial charge in [0.1, 0.15) is 11.6 Å². The average Bonchev–Trinajstić information content (AvgIpc) is 2.65. The molecule has 7 heteroatoms.